The third-order valence-corrected chi connectivity index (χ3v) is 4.10. The Bertz CT molecular complexity index is 583. The number of hydrogen-bond donors (Lipinski definition) is 1. The summed E-state index contributed by atoms with van der Waals surface area (Å²) in [6.45, 7) is 5.74. The summed E-state index contributed by atoms with van der Waals surface area (Å²) < 4.78 is 14.8. The predicted molar refractivity (Wildman–Crippen MR) is 80.1 cm³/mol. The summed E-state index contributed by atoms with van der Waals surface area (Å²) in [5.74, 6) is 0.346. The van der Waals surface area contributed by atoms with Crippen LogP contribution in [0.4, 0.5) is 4.39 Å². The minimum atomic E-state index is -0.209. The predicted octanol–water partition coefficient (Wildman–Crippen LogP) is 1.85. The molecule has 0 bridgehead atoms. The van der Waals surface area contributed by atoms with Crippen LogP contribution >= 0.6 is 0 Å². The highest BCUT2D eigenvalue weighted by atomic mass is 19.1. The van der Waals surface area contributed by atoms with Crippen LogP contribution in [0.1, 0.15) is 18.1 Å². The molecule has 2 aromatic rings. The lowest BCUT2D eigenvalue weighted by Crippen LogP contribution is -2.28. The van der Waals surface area contributed by atoms with E-state index >= 15 is 0 Å². The number of rotatable bonds is 4. The molecule has 0 radical (unpaired) electrons. The van der Waals surface area contributed by atoms with Gasteiger partial charge < -0.3 is 5.73 Å². The fourth-order valence-electron chi connectivity index (χ4n) is 2.83. The summed E-state index contributed by atoms with van der Waals surface area (Å²) in [5.41, 5.74) is 8.29. The van der Waals surface area contributed by atoms with Crippen molar-refractivity contribution in [2.45, 2.75) is 26.1 Å². The van der Waals surface area contributed by atoms with Crippen molar-refractivity contribution in [2.24, 2.45) is 11.7 Å². The van der Waals surface area contributed by atoms with E-state index in [1.54, 1.807) is 12.1 Å². The first-order valence-electron chi connectivity index (χ1n) is 7.34. The van der Waals surface area contributed by atoms with E-state index in [0.29, 0.717) is 12.5 Å². The first-order valence-corrected chi connectivity index (χ1v) is 7.34. The number of nitrogens with two attached hydrogens (primary N) is 1. The van der Waals surface area contributed by atoms with Crippen LogP contribution in [0.5, 0.6) is 0 Å². The van der Waals surface area contributed by atoms with Gasteiger partial charge in [-0.15, -0.1) is 0 Å². The number of hydrogen-bond acceptors (Lipinski definition) is 3. The van der Waals surface area contributed by atoms with Crippen molar-refractivity contribution in [3.05, 3.63) is 53.6 Å². The third-order valence-electron chi connectivity index (χ3n) is 4.10. The lowest BCUT2D eigenvalue weighted by atomic mass is 10.1. The summed E-state index contributed by atoms with van der Waals surface area (Å²) in [6, 6.07) is 6.81. The highest BCUT2D eigenvalue weighted by molar-refractivity contribution is 5.17. The zero-order chi connectivity index (χ0) is 14.8. The van der Waals surface area contributed by atoms with Gasteiger partial charge in [-0.3, -0.25) is 9.58 Å². The molecule has 21 heavy (non-hydrogen) atoms. The van der Waals surface area contributed by atoms with Crippen molar-refractivity contribution >= 4 is 0 Å². The standard InChI is InChI=1S/C16H21FN4/c1-12-7-20(11-16(12)18)8-14-6-19-21(10-14)9-13-2-4-15(17)5-3-13/h2-6,10,12,16H,7-9,11,18H2,1H3. The molecule has 0 aliphatic carbocycles. The minimum Gasteiger partial charge on any atom is -0.326 e. The second-order valence-corrected chi connectivity index (χ2v) is 6.01. The molecule has 2 heterocycles. The van der Waals surface area contributed by atoms with Crippen molar-refractivity contribution in [3.8, 4) is 0 Å². The monoisotopic (exact) mass is 288 g/mol. The molecule has 1 aromatic heterocycles. The normalized spacial score (nSPS) is 22.8. The molecule has 1 aromatic carbocycles. The maximum absolute atomic E-state index is 12.9. The van der Waals surface area contributed by atoms with Gasteiger partial charge in [0.25, 0.3) is 0 Å². The maximum atomic E-state index is 12.9. The van der Waals surface area contributed by atoms with Gasteiger partial charge in [0.1, 0.15) is 5.82 Å². The second-order valence-electron chi connectivity index (χ2n) is 6.01. The first kappa shape index (κ1) is 14.2. The summed E-state index contributed by atoms with van der Waals surface area (Å²) in [7, 11) is 0. The zero-order valence-electron chi connectivity index (χ0n) is 12.2. The van der Waals surface area contributed by atoms with E-state index < -0.39 is 0 Å². The van der Waals surface area contributed by atoms with Crippen molar-refractivity contribution in [3.63, 3.8) is 0 Å². The highest BCUT2D eigenvalue weighted by Gasteiger charge is 2.26. The van der Waals surface area contributed by atoms with Crippen LogP contribution in [0.3, 0.4) is 0 Å². The molecule has 112 valence electrons. The molecule has 0 spiro atoms. The lowest BCUT2D eigenvalue weighted by molar-refractivity contribution is 0.319. The lowest BCUT2D eigenvalue weighted by Gasteiger charge is -2.13. The van der Waals surface area contributed by atoms with Crippen LogP contribution in [-0.2, 0) is 13.1 Å². The van der Waals surface area contributed by atoms with Crippen LogP contribution < -0.4 is 5.73 Å². The quantitative estimate of drug-likeness (QED) is 0.934. The van der Waals surface area contributed by atoms with Gasteiger partial charge in [0.05, 0.1) is 12.7 Å². The number of halogens is 1. The molecule has 1 aliphatic rings. The van der Waals surface area contributed by atoms with Gasteiger partial charge in [-0.25, -0.2) is 4.39 Å². The molecular weight excluding hydrogens is 267 g/mol. The highest BCUT2D eigenvalue weighted by Crippen LogP contribution is 2.17. The minimum absolute atomic E-state index is 0.209. The molecule has 2 unspecified atom stereocenters. The average Bonchev–Trinajstić information content (AvgIpc) is 3.00. The van der Waals surface area contributed by atoms with E-state index in [2.05, 4.69) is 23.1 Å². The molecular formula is C16H21FN4. The Kier molecular flexibility index (Phi) is 4.03. The number of nitrogens with zero attached hydrogens (tertiary/aromatic N) is 3. The van der Waals surface area contributed by atoms with Gasteiger partial charge >= 0.3 is 0 Å². The summed E-state index contributed by atoms with van der Waals surface area (Å²) in [6.07, 6.45) is 3.95. The van der Waals surface area contributed by atoms with Crippen LogP contribution in [0.2, 0.25) is 0 Å². The summed E-state index contributed by atoms with van der Waals surface area (Å²) in [4.78, 5) is 2.37. The van der Waals surface area contributed by atoms with E-state index in [4.69, 9.17) is 5.73 Å². The molecule has 0 saturated carbocycles. The Hall–Kier alpha value is -1.72. The molecule has 2 N–H and O–H groups in total. The molecule has 0 amide bonds. The van der Waals surface area contributed by atoms with Gasteiger partial charge in [0.2, 0.25) is 0 Å². The van der Waals surface area contributed by atoms with Crippen LogP contribution in [0.25, 0.3) is 0 Å². The van der Waals surface area contributed by atoms with Crippen molar-refractivity contribution in [1.82, 2.24) is 14.7 Å². The largest absolute Gasteiger partial charge is 0.326 e. The van der Waals surface area contributed by atoms with Gasteiger partial charge in [0.15, 0.2) is 0 Å². The Morgan fingerprint density at radius 3 is 2.62 bits per heavy atom. The van der Waals surface area contributed by atoms with Gasteiger partial charge in [-0.2, -0.15) is 5.10 Å². The molecule has 1 fully saturated rings. The van der Waals surface area contributed by atoms with Gasteiger partial charge in [-0.1, -0.05) is 19.1 Å². The number of aromatic nitrogens is 2. The molecule has 3 rings (SSSR count). The molecule has 1 saturated heterocycles. The maximum Gasteiger partial charge on any atom is 0.123 e. The zero-order valence-corrected chi connectivity index (χ0v) is 12.2. The molecule has 1 aliphatic heterocycles. The van der Waals surface area contributed by atoms with E-state index in [1.165, 1.54) is 17.7 Å². The smallest absolute Gasteiger partial charge is 0.123 e. The van der Waals surface area contributed by atoms with Crippen LogP contribution in [0.15, 0.2) is 36.7 Å². The van der Waals surface area contributed by atoms with E-state index in [9.17, 15) is 4.39 Å². The Labute approximate surface area is 124 Å². The number of likely N-dealkylation sites (tertiary alicyclic amines) is 1. The van der Waals surface area contributed by atoms with Crippen molar-refractivity contribution in [1.29, 1.82) is 0 Å². The first-order chi connectivity index (χ1) is 10.1. The van der Waals surface area contributed by atoms with Gasteiger partial charge in [-0.05, 0) is 23.6 Å². The fraction of sp³-hybridized carbons (Fsp3) is 0.438. The molecule has 2 atom stereocenters. The Morgan fingerprint density at radius 2 is 1.95 bits per heavy atom. The van der Waals surface area contributed by atoms with E-state index in [1.807, 2.05) is 10.9 Å². The SMILES string of the molecule is CC1CN(Cc2cnn(Cc3ccc(F)cc3)c2)CC1N. The van der Waals surface area contributed by atoms with E-state index in [0.717, 1.165) is 25.2 Å². The molecule has 4 nitrogen and oxygen atoms in total. The van der Waals surface area contributed by atoms with Crippen molar-refractivity contribution < 1.29 is 4.39 Å². The average molecular weight is 288 g/mol. The van der Waals surface area contributed by atoms with Crippen LogP contribution in [-0.4, -0.2) is 33.8 Å². The van der Waals surface area contributed by atoms with Gasteiger partial charge in [0, 0.05) is 37.4 Å². The summed E-state index contributed by atoms with van der Waals surface area (Å²) in [5, 5.41) is 4.38. The third kappa shape index (κ3) is 3.49. The summed E-state index contributed by atoms with van der Waals surface area (Å²) >= 11 is 0. The molecule has 5 heteroatoms. The van der Waals surface area contributed by atoms with Crippen LogP contribution in [0, 0.1) is 11.7 Å². The number of benzene rings is 1. The Balaban J connectivity index is 1.60. The second kappa shape index (κ2) is 5.95. The fourth-order valence-corrected chi connectivity index (χ4v) is 2.83. The topological polar surface area (TPSA) is 47.1 Å². The van der Waals surface area contributed by atoms with E-state index in [-0.39, 0.29) is 11.9 Å². The van der Waals surface area contributed by atoms with Crippen molar-refractivity contribution in [2.75, 3.05) is 13.1 Å². The Morgan fingerprint density at radius 1 is 1.19 bits per heavy atom.